The molecule has 1 heterocycles. The van der Waals surface area contributed by atoms with E-state index in [0.29, 0.717) is 55.4 Å². The number of rotatable bonds is 9. The summed E-state index contributed by atoms with van der Waals surface area (Å²) < 4.78 is 11.0. The Morgan fingerprint density at radius 1 is 1.10 bits per heavy atom. The van der Waals surface area contributed by atoms with Crippen LogP contribution in [0, 0.1) is 0 Å². The highest BCUT2D eigenvalue weighted by Crippen LogP contribution is 2.19. The van der Waals surface area contributed by atoms with Gasteiger partial charge in [0.2, 0.25) is 11.7 Å². The van der Waals surface area contributed by atoms with Crippen LogP contribution in [0.4, 0.5) is 0 Å². The number of aliphatic imine (C=N–C) groups is 1. The molecule has 2 aromatic carbocycles. The van der Waals surface area contributed by atoms with Gasteiger partial charge in [0.25, 0.3) is 0 Å². The molecule has 0 aliphatic heterocycles. The molecule has 0 saturated carbocycles. The summed E-state index contributed by atoms with van der Waals surface area (Å²) in [6.07, 6.45) is 0.582. The summed E-state index contributed by atoms with van der Waals surface area (Å²) in [5.74, 6) is 1.78. The van der Waals surface area contributed by atoms with Gasteiger partial charge in [0.1, 0.15) is 0 Å². The minimum atomic E-state index is 0.528. The Bertz CT molecular complexity index is 914. The summed E-state index contributed by atoms with van der Waals surface area (Å²) in [4.78, 5) is 8.60. The van der Waals surface area contributed by atoms with Crippen LogP contribution in [-0.4, -0.2) is 42.8 Å². The Balaban J connectivity index is 1.35. The molecule has 3 aromatic rings. The first-order valence-corrected chi connectivity index (χ1v) is 9.77. The van der Waals surface area contributed by atoms with Crippen LogP contribution < -0.4 is 10.6 Å². The van der Waals surface area contributed by atoms with Crippen molar-refractivity contribution in [3.05, 3.63) is 71.1 Å². The molecule has 29 heavy (non-hydrogen) atoms. The maximum atomic E-state index is 6.00. The highest BCUT2D eigenvalue weighted by atomic mass is 35.5. The standard InChI is InChI=1S/C21H24ClN5O2/c1-23-21(25-12-13-28-15-16-6-3-2-4-7-16)24-11-10-19-26-20(27-29-19)17-8-5-9-18(22)14-17/h2-9,14H,10-13,15H2,1H3,(H2,23,24,25). The second-order valence-corrected chi connectivity index (χ2v) is 6.67. The Kier molecular flexibility index (Phi) is 8.03. The topological polar surface area (TPSA) is 84.6 Å². The molecule has 1 aromatic heterocycles. The zero-order chi connectivity index (χ0) is 20.3. The summed E-state index contributed by atoms with van der Waals surface area (Å²) >= 11 is 6.00. The molecule has 0 fully saturated rings. The maximum Gasteiger partial charge on any atom is 0.228 e. The smallest absolute Gasteiger partial charge is 0.228 e. The zero-order valence-corrected chi connectivity index (χ0v) is 17.0. The molecular formula is C21H24ClN5O2. The van der Waals surface area contributed by atoms with E-state index in [2.05, 4.69) is 25.8 Å². The zero-order valence-electron chi connectivity index (χ0n) is 16.3. The minimum absolute atomic E-state index is 0.528. The number of ether oxygens (including phenoxy) is 1. The van der Waals surface area contributed by atoms with Crippen molar-refractivity contribution in [2.45, 2.75) is 13.0 Å². The van der Waals surface area contributed by atoms with Gasteiger partial charge in [-0.1, -0.05) is 59.2 Å². The lowest BCUT2D eigenvalue weighted by molar-refractivity contribution is 0.125. The van der Waals surface area contributed by atoms with Crippen LogP contribution in [0.3, 0.4) is 0 Å². The van der Waals surface area contributed by atoms with Gasteiger partial charge in [-0.2, -0.15) is 4.98 Å². The Labute approximate surface area is 175 Å². The van der Waals surface area contributed by atoms with E-state index in [1.54, 1.807) is 19.2 Å². The number of hydrogen-bond donors (Lipinski definition) is 2. The van der Waals surface area contributed by atoms with E-state index in [-0.39, 0.29) is 0 Å². The monoisotopic (exact) mass is 413 g/mol. The van der Waals surface area contributed by atoms with Crippen molar-refractivity contribution in [1.82, 2.24) is 20.8 Å². The van der Waals surface area contributed by atoms with Gasteiger partial charge < -0.3 is 19.9 Å². The number of halogens is 1. The molecule has 8 heteroatoms. The number of nitrogens with one attached hydrogen (secondary N) is 2. The number of aromatic nitrogens is 2. The molecule has 0 aliphatic rings. The normalized spacial score (nSPS) is 11.4. The molecule has 0 aliphatic carbocycles. The van der Waals surface area contributed by atoms with Crippen molar-refractivity contribution < 1.29 is 9.26 Å². The van der Waals surface area contributed by atoms with Crippen molar-refractivity contribution >= 4 is 17.6 Å². The summed E-state index contributed by atoms with van der Waals surface area (Å²) in [7, 11) is 1.73. The fraction of sp³-hybridized carbons (Fsp3) is 0.286. The summed E-state index contributed by atoms with van der Waals surface area (Å²) in [5.41, 5.74) is 1.99. The predicted molar refractivity (Wildman–Crippen MR) is 114 cm³/mol. The van der Waals surface area contributed by atoms with Gasteiger partial charge in [-0.15, -0.1) is 0 Å². The third-order valence-electron chi connectivity index (χ3n) is 4.06. The van der Waals surface area contributed by atoms with Crippen molar-refractivity contribution in [2.75, 3.05) is 26.7 Å². The van der Waals surface area contributed by atoms with Crippen molar-refractivity contribution in [1.29, 1.82) is 0 Å². The molecule has 0 saturated heterocycles. The molecule has 2 N–H and O–H groups in total. The first-order valence-electron chi connectivity index (χ1n) is 9.39. The van der Waals surface area contributed by atoms with E-state index in [4.69, 9.17) is 20.9 Å². The lowest BCUT2D eigenvalue weighted by atomic mass is 10.2. The van der Waals surface area contributed by atoms with Crippen LogP contribution in [0.2, 0.25) is 5.02 Å². The van der Waals surface area contributed by atoms with Gasteiger partial charge in [-0.05, 0) is 17.7 Å². The van der Waals surface area contributed by atoms with Gasteiger partial charge in [-0.3, -0.25) is 4.99 Å². The number of nitrogens with zero attached hydrogens (tertiary/aromatic N) is 3. The van der Waals surface area contributed by atoms with E-state index in [0.717, 1.165) is 11.1 Å². The fourth-order valence-corrected chi connectivity index (χ4v) is 2.81. The second-order valence-electron chi connectivity index (χ2n) is 6.24. The van der Waals surface area contributed by atoms with Crippen LogP contribution in [0.25, 0.3) is 11.4 Å². The summed E-state index contributed by atoms with van der Waals surface area (Å²) in [5, 5.41) is 11.1. The minimum Gasteiger partial charge on any atom is -0.375 e. The van der Waals surface area contributed by atoms with Gasteiger partial charge >= 0.3 is 0 Å². The van der Waals surface area contributed by atoms with Gasteiger partial charge in [0, 0.05) is 37.1 Å². The Hall–Kier alpha value is -2.90. The predicted octanol–water partition coefficient (Wildman–Crippen LogP) is 3.31. The third kappa shape index (κ3) is 6.89. The number of hydrogen-bond acceptors (Lipinski definition) is 5. The van der Waals surface area contributed by atoms with Crippen LogP contribution in [0.5, 0.6) is 0 Å². The fourth-order valence-electron chi connectivity index (χ4n) is 2.62. The second kappa shape index (κ2) is 11.2. The van der Waals surface area contributed by atoms with Gasteiger partial charge in [0.15, 0.2) is 5.96 Å². The van der Waals surface area contributed by atoms with Crippen molar-refractivity contribution in [2.24, 2.45) is 4.99 Å². The molecular weight excluding hydrogens is 390 g/mol. The van der Waals surface area contributed by atoms with Crippen LogP contribution in [-0.2, 0) is 17.8 Å². The molecule has 0 unspecified atom stereocenters. The quantitative estimate of drug-likeness (QED) is 0.318. The largest absolute Gasteiger partial charge is 0.375 e. The SMILES string of the molecule is CN=C(NCCOCc1ccccc1)NCCc1nc(-c2cccc(Cl)c2)no1. The summed E-state index contributed by atoms with van der Waals surface area (Å²) in [6.45, 7) is 2.45. The molecule has 7 nitrogen and oxygen atoms in total. The maximum absolute atomic E-state index is 6.00. The number of guanidine groups is 1. The average molecular weight is 414 g/mol. The Morgan fingerprint density at radius 3 is 2.72 bits per heavy atom. The third-order valence-corrected chi connectivity index (χ3v) is 4.29. The highest BCUT2D eigenvalue weighted by Gasteiger charge is 2.09. The van der Waals surface area contributed by atoms with Crippen LogP contribution in [0.1, 0.15) is 11.5 Å². The van der Waals surface area contributed by atoms with Gasteiger partial charge in [0.05, 0.1) is 13.2 Å². The average Bonchev–Trinajstić information content (AvgIpc) is 3.22. The van der Waals surface area contributed by atoms with Crippen LogP contribution in [0.15, 0.2) is 64.1 Å². The number of benzene rings is 2. The lowest BCUT2D eigenvalue weighted by Crippen LogP contribution is -2.39. The van der Waals surface area contributed by atoms with Gasteiger partial charge in [-0.25, -0.2) is 0 Å². The van der Waals surface area contributed by atoms with Crippen molar-refractivity contribution in [3.8, 4) is 11.4 Å². The molecule has 0 spiro atoms. The van der Waals surface area contributed by atoms with E-state index in [9.17, 15) is 0 Å². The lowest BCUT2D eigenvalue weighted by Gasteiger charge is -2.11. The molecule has 3 rings (SSSR count). The first-order chi connectivity index (χ1) is 14.2. The molecule has 0 radical (unpaired) electrons. The highest BCUT2D eigenvalue weighted by molar-refractivity contribution is 6.30. The summed E-state index contributed by atoms with van der Waals surface area (Å²) in [6, 6.07) is 17.5. The van der Waals surface area contributed by atoms with Crippen LogP contribution >= 0.6 is 11.6 Å². The van der Waals surface area contributed by atoms with E-state index < -0.39 is 0 Å². The molecule has 0 atom stereocenters. The van der Waals surface area contributed by atoms with Crippen molar-refractivity contribution in [3.63, 3.8) is 0 Å². The van der Waals surface area contributed by atoms with E-state index in [1.165, 1.54) is 0 Å². The molecule has 152 valence electrons. The molecule has 0 amide bonds. The van der Waals surface area contributed by atoms with E-state index >= 15 is 0 Å². The Morgan fingerprint density at radius 2 is 1.93 bits per heavy atom. The van der Waals surface area contributed by atoms with E-state index in [1.807, 2.05) is 42.5 Å². The molecule has 0 bridgehead atoms. The first kappa shape index (κ1) is 20.8.